The van der Waals surface area contributed by atoms with Gasteiger partial charge in [0.1, 0.15) is 5.69 Å². The number of unbranched alkanes of at least 4 members (excludes halogenated alkanes) is 1. The standard InChI is InChI=1S/C21H25N5O.C2HF3O2/c1-4-5-11-25(2)20(27)19-12-16(15-26(19)3)17-13-22-21(23-14-17)24-18-9-7-6-8-10-18;3-2(4,5)1(6)7/h6-10,12-15H,4-5,11H2,1-3H3,(H,22,23,24);(H,6,7). The van der Waals surface area contributed by atoms with E-state index in [0.29, 0.717) is 11.6 Å². The number of aryl methyl sites for hydroxylation is 1. The highest BCUT2D eigenvalue weighted by Gasteiger charge is 2.38. The summed E-state index contributed by atoms with van der Waals surface area (Å²) < 4.78 is 33.6. The van der Waals surface area contributed by atoms with Crippen LogP contribution in [0.1, 0.15) is 30.3 Å². The van der Waals surface area contributed by atoms with E-state index in [1.54, 1.807) is 17.3 Å². The number of hydrogen-bond acceptors (Lipinski definition) is 5. The van der Waals surface area contributed by atoms with Crippen molar-refractivity contribution in [1.82, 2.24) is 19.4 Å². The Morgan fingerprint density at radius 2 is 1.71 bits per heavy atom. The summed E-state index contributed by atoms with van der Waals surface area (Å²) in [5.74, 6) is -2.19. The molecule has 0 bridgehead atoms. The number of hydrogen-bond donors (Lipinski definition) is 2. The van der Waals surface area contributed by atoms with E-state index in [-0.39, 0.29) is 5.91 Å². The number of halogens is 3. The molecule has 0 aliphatic heterocycles. The second-order valence-corrected chi connectivity index (χ2v) is 7.39. The van der Waals surface area contributed by atoms with Gasteiger partial charge in [0.05, 0.1) is 0 Å². The van der Waals surface area contributed by atoms with Gasteiger partial charge < -0.3 is 19.9 Å². The highest BCUT2D eigenvalue weighted by Crippen LogP contribution is 2.22. The van der Waals surface area contributed by atoms with Crippen molar-refractivity contribution in [2.75, 3.05) is 18.9 Å². The monoisotopic (exact) mass is 477 g/mol. The van der Waals surface area contributed by atoms with Gasteiger partial charge in [0, 0.05) is 56.0 Å². The topological polar surface area (TPSA) is 100 Å². The molecule has 0 spiro atoms. The number of carboxylic acids is 1. The first-order valence-corrected chi connectivity index (χ1v) is 10.4. The maximum Gasteiger partial charge on any atom is 0.490 e. The molecule has 34 heavy (non-hydrogen) atoms. The lowest BCUT2D eigenvalue weighted by Gasteiger charge is -2.16. The minimum atomic E-state index is -5.08. The molecule has 0 unspecified atom stereocenters. The molecule has 8 nitrogen and oxygen atoms in total. The third-order valence-electron chi connectivity index (χ3n) is 4.68. The van der Waals surface area contributed by atoms with Crippen LogP contribution in [-0.2, 0) is 11.8 Å². The first kappa shape index (κ1) is 26.4. The Labute approximate surface area is 195 Å². The highest BCUT2D eigenvalue weighted by atomic mass is 19.4. The van der Waals surface area contributed by atoms with Crippen LogP contribution in [0.5, 0.6) is 0 Å². The zero-order valence-electron chi connectivity index (χ0n) is 19.0. The molecule has 0 atom stereocenters. The molecule has 0 saturated heterocycles. The first-order chi connectivity index (χ1) is 16.0. The molecule has 0 fully saturated rings. The normalized spacial score (nSPS) is 10.8. The zero-order valence-corrected chi connectivity index (χ0v) is 19.0. The summed E-state index contributed by atoms with van der Waals surface area (Å²) in [6.45, 7) is 2.88. The Morgan fingerprint density at radius 1 is 1.12 bits per heavy atom. The SMILES string of the molecule is CCCCN(C)C(=O)c1cc(-c2cnc(Nc3ccccc3)nc2)cn1C.O=C(O)C(F)(F)F. The lowest BCUT2D eigenvalue weighted by Crippen LogP contribution is -2.29. The molecule has 0 saturated carbocycles. The van der Waals surface area contributed by atoms with Gasteiger partial charge in [-0.3, -0.25) is 4.79 Å². The molecule has 11 heteroatoms. The minimum absolute atomic E-state index is 0.0282. The largest absolute Gasteiger partial charge is 0.490 e. The number of carboxylic acid groups (broad SMARTS) is 1. The van der Waals surface area contributed by atoms with E-state index < -0.39 is 12.1 Å². The van der Waals surface area contributed by atoms with E-state index >= 15 is 0 Å². The number of para-hydroxylation sites is 1. The van der Waals surface area contributed by atoms with Gasteiger partial charge in [-0.05, 0) is 24.6 Å². The molecule has 1 aromatic carbocycles. The fourth-order valence-corrected chi connectivity index (χ4v) is 2.82. The van der Waals surface area contributed by atoms with E-state index in [1.807, 2.05) is 61.3 Å². The van der Waals surface area contributed by atoms with E-state index in [0.717, 1.165) is 36.2 Å². The molecule has 0 aliphatic carbocycles. The van der Waals surface area contributed by atoms with Crippen LogP contribution in [0.15, 0.2) is 55.0 Å². The van der Waals surface area contributed by atoms with Crippen molar-refractivity contribution in [3.63, 3.8) is 0 Å². The Hall–Kier alpha value is -3.89. The second-order valence-electron chi connectivity index (χ2n) is 7.39. The van der Waals surface area contributed by atoms with Crippen molar-refractivity contribution < 1.29 is 27.9 Å². The van der Waals surface area contributed by atoms with Crippen molar-refractivity contribution in [3.8, 4) is 11.1 Å². The number of carbonyl (C=O) groups excluding carboxylic acids is 1. The number of aliphatic carboxylic acids is 1. The van der Waals surface area contributed by atoms with Gasteiger partial charge in [-0.25, -0.2) is 14.8 Å². The van der Waals surface area contributed by atoms with Crippen LogP contribution in [0.3, 0.4) is 0 Å². The molecular formula is C23H26F3N5O3. The van der Waals surface area contributed by atoms with Crippen LogP contribution in [0.2, 0.25) is 0 Å². The number of amides is 1. The molecule has 3 aromatic rings. The van der Waals surface area contributed by atoms with E-state index in [1.165, 1.54) is 0 Å². The van der Waals surface area contributed by atoms with Gasteiger partial charge in [0.25, 0.3) is 5.91 Å². The van der Waals surface area contributed by atoms with Crippen LogP contribution in [0, 0.1) is 0 Å². The Morgan fingerprint density at radius 3 is 2.24 bits per heavy atom. The maximum absolute atomic E-state index is 12.6. The van der Waals surface area contributed by atoms with Crippen molar-refractivity contribution in [2.45, 2.75) is 25.9 Å². The van der Waals surface area contributed by atoms with Gasteiger partial charge in [-0.1, -0.05) is 31.5 Å². The molecule has 3 rings (SSSR count). The van der Waals surface area contributed by atoms with Crippen molar-refractivity contribution >= 4 is 23.5 Å². The van der Waals surface area contributed by atoms with E-state index in [2.05, 4.69) is 22.2 Å². The van der Waals surface area contributed by atoms with E-state index in [4.69, 9.17) is 9.90 Å². The number of anilines is 2. The quantitative estimate of drug-likeness (QED) is 0.510. The van der Waals surface area contributed by atoms with Crippen LogP contribution in [-0.4, -0.2) is 56.2 Å². The number of rotatable bonds is 7. The Bertz CT molecular complexity index is 1080. The molecule has 2 heterocycles. The number of aromatic nitrogens is 3. The van der Waals surface area contributed by atoms with Crippen LogP contribution in [0.4, 0.5) is 24.8 Å². The number of nitrogens with zero attached hydrogens (tertiary/aromatic N) is 4. The average molecular weight is 477 g/mol. The fourth-order valence-electron chi connectivity index (χ4n) is 2.82. The Kier molecular flexibility index (Phi) is 9.17. The summed E-state index contributed by atoms with van der Waals surface area (Å²) in [4.78, 5) is 32.1. The lowest BCUT2D eigenvalue weighted by atomic mass is 10.2. The number of alkyl halides is 3. The lowest BCUT2D eigenvalue weighted by molar-refractivity contribution is -0.192. The summed E-state index contributed by atoms with van der Waals surface area (Å²) in [7, 11) is 3.73. The van der Waals surface area contributed by atoms with Crippen LogP contribution in [0.25, 0.3) is 11.1 Å². The first-order valence-electron chi connectivity index (χ1n) is 10.4. The molecular weight excluding hydrogens is 451 g/mol. The van der Waals surface area contributed by atoms with Crippen molar-refractivity contribution in [3.05, 3.63) is 60.7 Å². The highest BCUT2D eigenvalue weighted by molar-refractivity contribution is 5.94. The summed E-state index contributed by atoms with van der Waals surface area (Å²) in [6.07, 6.45) is 2.45. The van der Waals surface area contributed by atoms with E-state index in [9.17, 15) is 18.0 Å². The van der Waals surface area contributed by atoms with Gasteiger partial charge >= 0.3 is 12.1 Å². The second kappa shape index (κ2) is 11.8. The number of benzene rings is 1. The van der Waals surface area contributed by atoms with Gasteiger partial charge in [-0.2, -0.15) is 13.2 Å². The van der Waals surface area contributed by atoms with Crippen LogP contribution < -0.4 is 5.32 Å². The van der Waals surface area contributed by atoms with Crippen LogP contribution >= 0.6 is 0 Å². The third-order valence-corrected chi connectivity index (χ3v) is 4.68. The van der Waals surface area contributed by atoms with Gasteiger partial charge in [0.15, 0.2) is 0 Å². The number of carbonyl (C=O) groups is 2. The summed E-state index contributed by atoms with van der Waals surface area (Å²) in [5.41, 5.74) is 3.40. The summed E-state index contributed by atoms with van der Waals surface area (Å²) >= 11 is 0. The zero-order chi connectivity index (χ0) is 25.3. The maximum atomic E-state index is 12.6. The van der Waals surface area contributed by atoms with Crippen molar-refractivity contribution in [2.24, 2.45) is 7.05 Å². The molecule has 2 N–H and O–H groups in total. The third kappa shape index (κ3) is 7.61. The summed E-state index contributed by atoms with van der Waals surface area (Å²) in [6, 6.07) is 11.7. The molecule has 0 radical (unpaired) electrons. The predicted octanol–water partition coefficient (Wildman–Crippen LogP) is 4.73. The summed E-state index contributed by atoms with van der Waals surface area (Å²) in [5, 5.41) is 10.3. The fraction of sp³-hybridized carbons (Fsp3) is 0.304. The molecule has 2 aromatic heterocycles. The predicted molar refractivity (Wildman–Crippen MR) is 122 cm³/mol. The molecule has 182 valence electrons. The van der Waals surface area contributed by atoms with Crippen molar-refractivity contribution in [1.29, 1.82) is 0 Å². The Balaban J connectivity index is 0.000000509. The minimum Gasteiger partial charge on any atom is -0.475 e. The van der Waals surface area contributed by atoms with Gasteiger partial charge in [0.2, 0.25) is 5.95 Å². The average Bonchev–Trinajstić information content (AvgIpc) is 3.19. The van der Waals surface area contributed by atoms with Gasteiger partial charge in [-0.15, -0.1) is 0 Å². The smallest absolute Gasteiger partial charge is 0.475 e. The molecule has 1 amide bonds. The molecule has 0 aliphatic rings. The number of nitrogens with one attached hydrogen (secondary N) is 1.